The third kappa shape index (κ3) is 4.19. The first-order valence-corrected chi connectivity index (χ1v) is 6.78. The van der Waals surface area contributed by atoms with Crippen LogP contribution in [0.4, 0.5) is 11.4 Å². The van der Waals surface area contributed by atoms with Gasteiger partial charge in [-0.15, -0.1) is 0 Å². The number of hydrogen-bond acceptors (Lipinski definition) is 5. The summed E-state index contributed by atoms with van der Waals surface area (Å²) < 4.78 is 9.97. The van der Waals surface area contributed by atoms with E-state index in [0.29, 0.717) is 11.4 Å². The van der Waals surface area contributed by atoms with Crippen molar-refractivity contribution in [3.05, 3.63) is 58.1 Å². The van der Waals surface area contributed by atoms with E-state index < -0.39 is 4.92 Å². The lowest BCUT2D eigenvalue weighted by Crippen LogP contribution is -2.14. The molecule has 2 rings (SSSR count). The Morgan fingerprint density at radius 1 is 1.13 bits per heavy atom. The third-order valence-electron chi connectivity index (χ3n) is 3.18. The van der Waals surface area contributed by atoms with Gasteiger partial charge in [-0.1, -0.05) is 12.1 Å². The van der Waals surface area contributed by atoms with Gasteiger partial charge in [0.2, 0.25) is 5.91 Å². The number of nitro groups is 1. The lowest BCUT2D eigenvalue weighted by Gasteiger charge is -2.08. The maximum Gasteiger partial charge on any atom is 0.312 e. The average Bonchev–Trinajstić information content (AvgIpc) is 2.55. The van der Waals surface area contributed by atoms with Crippen molar-refractivity contribution in [3.8, 4) is 11.5 Å². The molecule has 2 aromatic rings. The Balaban J connectivity index is 2.07. The molecule has 23 heavy (non-hydrogen) atoms. The van der Waals surface area contributed by atoms with Gasteiger partial charge in [-0.05, 0) is 29.8 Å². The van der Waals surface area contributed by atoms with Gasteiger partial charge in [-0.3, -0.25) is 14.9 Å². The van der Waals surface area contributed by atoms with E-state index in [2.05, 4.69) is 5.32 Å². The van der Waals surface area contributed by atoms with E-state index in [0.717, 1.165) is 5.56 Å². The zero-order valence-corrected chi connectivity index (χ0v) is 12.7. The number of hydrogen-bond donors (Lipinski definition) is 1. The van der Waals surface area contributed by atoms with Crippen molar-refractivity contribution in [2.24, 2.45) is 0 Å². The van der Waals surface area contributed by atoms with Gasteiger partial charge >= 0.3 is 5.69 Å². The van der Waals surface area contributed by atoms with Gasteiger partial charge in [0.15, 0.2) is 5.75 Å². The molecule has 0 bridgehead atoms. The molecule has 0 spiro atoms. The SMILES string of the molecule is COc1ccc(CC(=O)Nc2ccc(OC)c([N+](=O)[O-])c2)cc1. The predicted octanol–water partition coefficient (Wildman–Crippen LogP) is 2.79. The summed E-state index contributed by atoms with van der Waals surface area (Å²) in [5, 5.41) is 13.6. The fourth-order valence-electron chi connectivity index (χ4n) is 2.04. The van der Waals surface area contributed by atoms with E-state index in [1.165, 1.54) is 19.2 Å². The molecule has 0 unspecified atom stereocenters. The molecule has 0 atom stereocenters. The molecule has 0 saturated heterocycles. The summed E-state index contributed by atoms with van der Waals surface area (Å²) in [7, 11) is 2.92. The smallest absolute Gasteiger partial charge is 0.312 e. The molecule has 0 heterocycles. The number of nitrogens with zero attached hydrogens (tertiary/aromatic N) is 1. The van der Waals surface area contributed by atoms with Crippen molar-refractivity contribution in [1.29, 1.82) is 0 Å². The molecule has 0 aliphatic rings. The van der Waals surface area contributed by atoms with Crippen LogP contribution in [-0.2, 0) is 11.2 Å². The monoisotopic (exact) mass is 316 g/mol. The number of anilines is 1. The normalized spacial score (nSPS) is 10.0. The maximum absolute atomic E-state index is 12.0. The van der Waals surface area contributed by atoms with E-state index in [-0.39, 0.29) is 23.8 Å². The second-order valence-electron chi connectivity index (χ2n) is 4.72. The van der Waals surface area contributed by atoms with Gasteiger partial charge in [-0.25, -0.2) is 0 Å². The molecule has 1 amide bonds. The van der Waals surface area contributed by atoms with Gasteiger partial charge in [0.1, 0.15) is 5.75 Å². The largest absolute Gasteiger partial charge is 0.497 e. The lowest BCUT2D eigenvalue weighted by atomic mass is 10.1. The van der Waals surface area contributed by atoms with Crippen molar-refractivity contribution in [1.82, 2.24) is 0 Å². The Morgan fingerprint density at radius 3 is 2.39 bits per heavy atom. The molecule has 0 aliphatic heterocycles. The molecule has 7 nitrogen and oxygen atoms in total. The van der Waals surface area contributed by atoms with E-state index in [9.17, 15) is 14.9 Å². The number of benzene rings is 2. The quantitative estimate of drug-likeness (QED) is 0.653. The summed E-state index contributed by atoms with van der Waals surface area (Å²) in [4.78, 5) is 22.4. The summed E-state index contributed by atoms with van der Waals surface area (Å²) in [5.41, 5.74) is 0.956. The molecule has 7 heteroatoms. The maximum atomic E-state index is 12.0. The molecule has 2 aromatic carbocycles. The molecule has 0 fully saturated rings. The van der Waals surface area contributed by atoms with E-state index >= 15 is 0 Å². The van der Waals surface area contributed by atoms with Crippen LogP contribution < -0.4 is 14.8 Å². The van der Waals surface area contributed by atoms with Crippen LogP contribution >= 0.6 is 0 Å². The van der Waals surface area contributed by atoms with Gasteiger partial charge in [-0.2, -0.15) is 0 Å². The number of rotatable bonds is 6. The summed E-state index contributed by atoms with van der Waals surface area (Å²) in [6, 6.07) is 11.4. The topological polar surface area (TPSA) is 90.7 Å². The van der Waals surface area contributed by atoms with Crippen LogP contribution in [0.25, 0.3) is 0 Å². The zero-order valence-electron chi connectivity index (χ0n) is 12.7. The Labute approximate surface area is 133 Å². The van der Waals surface area contributed by atoms with Gasteiger partial charge in [0.05, 0.1) is 25.6 Å². The lowest BCUT2D eigenvalue weighted by molar-refractivity contribution is -0.385. The second kappa shape index (κ2) is 7.26. The molecule has 1 N–H and O–H groups in total. The Morgan fingerprint density at radius 2 is 1.83 bits per heavy atom. The minimum absolute atomic E-state index is 0.142. The fraction of sp³-hybridized carbons (Fsp3) is 0.188. The van der Waals surface area contributed by atoms with E-state index in [4.69, 9.17) is 9.47 Å². The van der Waals surface area contributed by atoms with Crippen molar-refractivity contribution >= 4 is 17.3 Å². The van der Waals surface area contributed by atoms with Crippen LogP contribution in [0.5, 0.6) is 11.5 Å². The Kier molecular flexibility index (Phi) is 5.14. The number of carbonyl (C=O) groups excluding carboxylic acids is 1. The van der Waals surface area contributed by atoms with Crippen LogP contribution in [0.1, 0.15) is 5.56 Å². The van der Waals surface area contributed by atoms with Crippen molar-refractivity contribution < 1.29 is 19.2 Å². The number of methoxy groups -OCH3 is 2. The van der Waals surface area contributed by atoms with Crippen LogP contribution in [-0.4, -0.2) is 25.1 Å². The van der Waals surface area contributed by atoms with Gasteiger partial charge in [0.25, 0.3) is 0 Å². The molecular weight excluding hydrogens is 300 g/mol. The van der Waals surface area contributed by atoms with Crippen molar-refractivity contribution in [2.45, 2.75) is 6.42 Å². The molecule has 0 aliphatic carbocycles. The summed E-state index contributed by atoms with van der Waals surface area (Å²) in [6.07, 6.45) is 0.157. The summed E-state index contributed by atoms with van der Waals surface area (Å²) in [5.74, 6) is 0.581. The third-order valence-corrected chi connectivity index (χ3v) is 3.18. The summed E-state index contributed by atoms with van der Waals surface area (Å²) >= 11 is 0. The highest BCUT2D eigenvalue weighted by Crippen LogP contribution is 2.29. The number of amides is 1. The fourth-order valence-corrected chi connectivity index (χ4v) is 2.04. The first-order valence-electron chi connectivity index (χ1n) is 6.78. The van der Waals surface area contributed by atoms with Crippen LogP contribution in [0.2, 0.25) is 0 Å². The number of nitro benzene ring substituents is 1. The van der Waals surface area contributed by atoms with E-state index in [1.54, 1.807) is 37.4 Å². The van der Waals surface area contributed by atoms with Crippen LogP contribution in [0, 0.1) is 10.1 Å². The highest BCUT2D eigenvalue weighted by atomic mass is 16.6. The van der Waals surface area contributed by atoms with E-state index in [1.807, 2.05) is 0 Å². The molecule has 0 aromatic heterocycles. The first kappa shape index (κ1) is 16.3. The van der Waals surface area contributed by atoms with Crippen molar-refractivity contribution in [2.75, 3.05) is 19.5 Å². The van der Waals surface area contributed by atoms with Crippen molar-refractivity contribution in [3.63, 3.8) is 0 Å². The summed E-state index contributed by atoms with van der Waals surface area (Å²) in [6.45, 7) is 0. The Hall–Kier alpha value is -3.09. The Bertz CT molecular complexity index is 713. The first-order chi connectivity index (χ1) is 11.0. The molecule has 0 saturated carbocycles. The standard InChI is InChI=1S/C16H16N2O5/c1-22-13-6-3-11(4-7-13)9-16(19)17-12-5-8-15(23-2)14(10-12)18(20)21/h3-8,10H,9H2,1-2H3,(H,17,19). The van der Waals surface area contributed by atoms with Crippen LogP contribution in [0.3, 0.4) is 0 Å². The minimum Gasteiger partial charge on any atom is -0.497 e. The zero-order chi connectivity index (χ0) is 16.8. The van der Waals surface area contributed by atoms with Crippen LogP contribution in [0.15, 0.2) is 42.5 Å². The van der Waals surface area contributed by atoms with Gasteiger partial charge < -0.3 is 14.8 Å². The highest BCUT2D eigenvalue weighted by Gasteiger charge is 2.16. The second-order valence-corrected chi connectivity index (χ2v) is 4.72. The number of nitrogens with one attached hydrogen (secondary N) is 1. The molecular formula is C16H16N2O5. The van der Waals surface area contributed by atoms with Gasteiger partial charge in [0, 0.05) is 11.8 Å². The number of ether oxygens (including phenoxy) is 2. The highest BCUT2D eigenvalue weighted by molar-refractivity contribution is 5.92. The molecule has 120 valence electrons. The predicted molar refractivity (Wildman–Crippen MR) is 85.0 cm³/mol. The molecule has 0 radical (unpaired) electrons. The minimum atomic E-state index is -0.558. The number of carbonyl (C=O) groups is 1. The average molecular weight is 316 g/mol.